The highest BCUT2D eigenvalue weighted by atomic mass is 16.5. The first-order chi connectivity index (χ1) is 9.38. The summed E-state index contributed by atoms with van der Waals surface area (Å²) in [5.41, 5.74) is 6.97. The maximum atomic E-state index is 12.3. The van der Waals surface area contributed by atoms with Gasteiger partial charge in [0.25, 0.3) is 0 Å². The largest absolute Gasteiger partial charge is 0.458 e. The van der Waals surface area contributed by atoms with E-state index in [1.807, 2.05) is 18.4 Å². The average molecular weight is 278 g/mol. The van der Waals surface area contributed by atoms with Gasteiger partial charge in [0.05, 0.1) is 5.69 Å². The van der Waals surface area contributed by atoms with Gasteiger partial charge >= 0.3 is 5.97 Å². The molecule has 0 aromatic carbocycles. The van der Waals surface area contributed by atoms with Crippen LogP contribution in [0.1, 0.15) is 63.5 Å². The molecule has 0 bridgehead atoms. The summed E-state index contributed by atoms with van der Waals surface area (Å²) in [5.74, 6) is 1.09. The fraction of sp³-hybridized carbons (Fsp3) is 0.688. The van der Waals surface area contributed by atoms with Crippen molar-refractivity contribution in [2.45, 2.75) is 59.1 Å². The van der Waals surface area contributed by atoms with Crippen molar-refractivity contribution in [1.82, 2.24) is 4.57 Å². The van der Waals surface area contributed by atoms with E-state index in [0.717, 1.165) is 25.2 Å². The third-order valence-electron chi connectivity index (χ3n) is 4.46. The first-order valence-electron chi connectivity index (χ1n) is 7.56. The zero-order valence-corrected chi connectivity index (χ0v) is 12.9. The van der Waals surface area contributed by atoms with Gasteiger partial charge in [-0.15, -0.1) is 0 Å². The van der Waals surface area contributed by atoms with E-state index in [1.54, 1.807) is 12.3 Å². The molecular weight excluding hydrogens is 252 g/mol. The summed E-state index contributed by atoms with van der Waals surface area (Å²) in [6.07, 6.45) is 4.91. The minimum Gasteiger partial charge on any atom is -0.458 e. The number of carbonyl (C=O) groups excluding carboxylic acids is 1. The van der Waals surface area contributed by atoms with E-state index >= 15 is 0 Å². The van der Waals surface area contributed by atoms with Gasteiger partial charge in [-0.05, 0) is 51.0 Å². The lowest BCUT2D eigenvalue weighted by atomic mass is 9.80. The second-order valence-corrected chi connectivity index (χ2v) is 6.45. The quantitative estimate of drug-likeness (QED) is 0.859. The second-order valence-electron chi connectivity index (χ2n) is 6.45. The lowest BCUT2D eigenvalue weighted by molar-refractivity contribution is 0.00758. The fourth-order valence-corrected chi connectivity index (χ4v) is 2.91. The molecule has 0 aliphatic heterocycles. The summed E-state index contributed by atoms with van der Waals surface area (Å²) in [7, 11) is 0. The van der Waals surface area contributed by atoms with Gasteiger partial charge < -0.3 is 15.0 Å². The van der Waals surface area contributed by atoms with Crippen LogP contribution in [0, 0.1) is 11.8 Å². The highest BCUT2D eigenvalue weighted by Crippen LogP contribution is 2.31. The van der Waals surface area contributed by atoms with Gasteiger partial charge in [0, 0.05) is 12.2 Å². The second kappa shape index (κ2) is 5.90. The van der Waals surface area contributed by atoms with Crippen LogP contribution >= 0.6 is 0 Å². The summed E-state index contributed by atoms with van der Waals surface area (Å²) in [5, 5.41) is 0. The van der Waals surface area contributed by atoms with E-state index in [2.05, 4.69) is 13.8 Å². The van der Waals surface area contributed by atoms with Crippen molar-refractivity contribution < 1.29 is 9.53 Å². The monoisotopic (exact) mass is 278 g/mol. The molecule has 0 radical (unpaired) electrons. The maximum Gasteiger partial charge on any atom is 0.355 e. The number of ether oxygens (including phenoxy) is 1. The number of nitrogen functional groups attached to an aromatic ring is 1. The molecule has 1 aromatic rings. The van der Waals surface area contributed by atoms with Gasteiger partial charge in [-0.25, -0.2) is 4.79 Å². The molecule has 3 atom stereocenters. The Morgan fingerprint density at radius 1 is 1.35 bits per heavy atom. The Labute approximate surface area is 121 Å². The van der Waals surface area contributed by atoms with Crippen LogP contribution in [-0.2, 0) is 4.74 Å². The van der Waals surface area contributed by atoms with Gasteiger partial charge in [0.1, 0.15) is 11.8 Å². The Hall–Kier alpha value is -1.45. The molecule has 2 N–H and O–H groups in total. The van der Waals surface area contributed by atoms with E-state index in [9.17, 15) is 4.79 Å². The van der Waals surface area contributed by atoms with Crippen molar-refractivity contribution in [1.29, 1.82) is 0 Å². The SMILES string of the molecule is CC1CCC(OC(=O)c2cc(N)cn2C(C)C)CC1C. The number of hydrogen-bond acceptors (Lipinski definition) is 3. The molecule has 4 nitrogen and oxygen atoms in total. The van der Waals surface area contributed by atoms with Crippen molar-refractivity contribution in [2.24, 2.45) is 11.8 Å². The van der Waals surface area contributed by atoms with Crippen molar-refractivity contribution in [3.05, 3.63) is 18.0 Å². The zero-order valence-electron chi connectivity index (χ0n) is 12.9. The summed E-state index contributed by atoms with van der Waals surface area (Å²) < 4.78 is 7.57. The van der Waals surface area contributed by atoms with Crippen LogP contribution in [0.2, 0.25) is 0 Å². The minimum absolute atomic E-state index is 0.0467. The Kier molecular flexibility index (Phi) is 4.41. The fourth-order valence-electron chi connectivity index (χ4n) is 2.91. The smallest absolute Gasteiger partial charge is 0.355 e. The molecule has 0 saturated heterocycles. The third-order valence-corrected chi connectivity index (χ3v) is 4.46. The van der Waals surface area contributed by atoms with Crippen LogP contribution in [0.3, 0.4) is 0 Å². The Balaban J connectivity index is 2.05. The number of carbonyl (C=O) groups is 1. The molecule has 0 spiro atoms. The van der Waals surface area contributed by atoms with Crippen LogP contribution in [0.25, 0.3) is 0 Å². The predicted molar refractivity (Wildman–Crippen MR) is 80.6 cm³/mol. The molecule has 20 heavy (non-hydrogen) atoms. The summed E-state index contributed by atoms with van der Waals surface area (Å²) in [4.78, 5) is 12.3. The molecule has 1 saturated carbocycles. The normalized spacial score (nSPS) is 26.8. The van der Waals surface area contributed by atoms with Gasteiger partial charge in [-0.2, -0.15) is 0 Å². The topological polar surface area (TPSA) is 57.2 Å². The van der Waals surface area contributed by atoms with E-state index in [4.69, 9.17) is 10.5 Å². The molecular formula is C16H26N2O2. The molecule has 1 aliphatic rings. The van der Waals surface area contributed by atoms with Crippen molar-refractivity contribution in [3.8, 4) is 0 Å². The molecule has 4 heteroatoms. The number of rotatable bonds is 3. The first kappa shape index (κ1) is 14.9. The van der Waals surface area contributed by atoms with Crippen LogP contribution < -0.4 is 5.73 Å². The standard InChI is InChI=1S/C16H26N2O2/c1-10(2)18-9-13(17)8-15(18)16(19)20-14-6-5-11(3)12(4)7-14/h8-12,14H,5-7,17H2,1-4H3. The number of nitrogens with two attached hydrogens (primary N) is 1. The van der Waals surface area contributed by atoms with E-state index in [1.165, 1.54) is 0 Å². The van der Waals surface area contributed by atoms with Crippen LogP contribution in [0.15, 0.2) is 12.3 Å². The zero-order chi connectivity index (χ0) is 14.9. The van der Waals surface area contributed by atoms with E-state index < -0.39 is 0 Å². The van der Waals surface area contributed by atoms with E-state index in [-0.39, 0.29) is 18.1 Å². The number of anilines is 1. The van der Waals surface area contributed by atoms with Gasteiger partial charge in [-0.3, -0.25) is 0 Å². The lowest BCUT2D eigenvalue weighted by Gasteiger charge is -2.31. The molecule has 1 fully saturated rings. The Morgan fingerprint density at radius 2 is 2.05 bits per heavy atom. The summed E-state index contributed by atoms with van der Waals surface area (Å²) >= 11 is 0. The lowest BCUT2D eigenvalue weighted by Crippen LogP contribution is -2.29. The molecule has 1 aromatic heterocycles. The predicted octanol–water partition coefficient (Wildman–Crippen LogP) is 3.63. The van der Waals surface area contributed by atoms with Crippen LogP contribution in [0.4, 0.5) is 5.69 Å². The Morgan fingerprint density at radius 3 is 2.65 bits per heavy atom. The van der Waals surface area contributed by atoms with Crippen molar-refractivity contribution in [3.63, 3.8) is 0 Å². The molecule has 112 valence electrons. The van der Waals surface area contributed by atoms with E-state index in [0.29, 0.717) is 17.3 Å². The van der Waals surface area contributed by atoms with Crippen LogP contribution in [0.5, 0.6) is 0 Å². The third kappa shape index (κ3) is 3.17. The number of esters is 1. The maximum absolute atomic E-state index is 12.3. The highest BCUT2D eigenvalue weighted by Gasteiger charge is 2.28. The first-order valence-corrected chi connectivity index (χ1v) is 7.56. The molecule has 3 unspecified atom stereocenters. The summed E-state index contributed by atoms with van der Waals surface area (Å²) in [6.45, 7) is 8.56. The van der Waals surface area contributed by atoms with Crippen LogP contribution in [-0.4, -0.2) is 16.6 Å². The number of hydrogen-bond donors (Lipinski definition) is 1. The van der Waals surface area contributed by atoms with Crippen molar-refractivity contribution >= 4 is 11.7 Å². The molecule has 1 heterocycles. The molecule has 0 amide bonds. The van der Waals surface area contributed by atoms with Gasteiger partial charge in [0.15, 0.2) is 0 Å². The highest BCUT2D eigenvalue weighted by molar-refractivity contribution is 5.89. The minimum atomic E-state index is -0.248. The number of nitrogens with zero attached hydrogens (tertiary/aromatic N) is 1. The molecule has 2 rings (SSSR count). The average Bonchev–Trinajstić information content (AvgIpc) is 2.76. The van der Waals surface area contributed by atoms with Gasteiger partial charge in [-0.1, -0.05) is 13.8 Å². The molecule has 1 aliphatic carbocycles. The number of aromatic nitrogens is 1. The van der Waals surface area contributed by atoms with Gasteiger partial charge in [0.2, 0.25) is 0 Å². The van der Waals surface area contributed by atoms with Crippen molar-refractivity contribution in [2.75, 3.05) is 5.73 Å². The Bertz CT molecular complexity index is 479. The summed E-state index contributed by atoms with van der Waals surface area (Å²) in [6, 6.07) is 1.90.